The van der Waals surface area contributed by atoms with Crippen molar-refractivity contribution in [3.8, 4) is 0 Å². The highest BCUT2D eigenvalue weighted by Gasteiger charge is 2.23. The number of carbonyl (C=O) groups is 2. The van der Waals surface area contributed by atoms with Gasteiger partial charge in [-0.1, -0.05) is 19.0 Å². The van der Waals surface area contributed by atoms with Crippen molar-refractivity contribution in [1.82, 2.24) is 9.80 Å². The lowest BCUT2D eigenvalue weighted by Crippen LogP contribution is -2.47. The normalized spacial score (nSPS) is 16.7. The summed E-state index contributed by atoms with van der Waals surface area (Å²) in [6.45, 7) is 8.77. The minimum atomic E-state index is -0.295. The summed E-state index contributed by atoms with van der Waals surface area (Å²) < 4.78 is 5.03. The van der Waals surface area contributed by atoms with Gasteiger partial charge in [0.15, 0.2) is 0 Å². The molecule has 2 fully saturated rings. The molecule has 4 rings (SSSR count). The molecular weight excluding hydrogens is 488 g/mol. The molecule has 0 atom stereocenters. The molecule has 1 N–H and O–H groups in total. The van der Waals surface area contributed by atoms with Crippen molar-refractivity contribution in [3.05, 3.63) is 59.1 Å². The molecule has 7 nitrogen and oxygen atoms in total. The Bertz CT molecular complexity index is 983. The third kappa shape index (κ3) is 8.37. The van der Waals surface area contributed by atoms with Gasteiger partial charge in [-0.2, -0.15) is 0 Å². The second kappa shape index (κ2) is 14.2. The smallest absolute Gasteiger partial charge is 0.338 e. The van der Waals surface area contributed by atoms with Crippen LogP contribution in [0.5, 0.6) is 0 Å². The predicted octanol–water partition coefficient (Wildman–Crippen LogP) is 5.16. The monoisotopic (exact) mass is 528 g/mol. The third-order valence-corrected chi connectivity index (χ3v) is 7.30. The number of carbonyl (C=O) groups excluding carboxylic acids is 2. The fourth-order valence-corrected chi connectivity index (χ4v) is 5.05. The number of anilines is 2. The highest BCUT2D eigenvalue weighted by Crippen LogP contribution is 2.21. The van der Waals surface area contributed by atoms with Crippen LogP contribution in [-0.2, 0) is 9.53 Å². The van der Waals surface area contributed by atoms with Crippen LogP contribution in [0.3, 0.4) is 0 Å². The first-order valence-corrected chi connectivity index (χ1v) is 13.4. The third-order valence-electron chi connectivity index (χ3n) is 7.04. The molecule has 0 unspecified atom stereocenters. The molecule has 1 amide bonds. The zero-order chi connectivity index (χ0) is 25.3. The summed E-state index contributed by atoms with van der Waals surface area (Å²) in [7, 11) is 0. The molecule has 2 aromatic carbocycles. The molecule has 0 spiro atoms. The van der Waals surface area contributed by atoms with Gasteiger partial charge in [-0.3, -0.25) is 9.69 Å². The summed E-state index contributed by atoms with van der Waals surface area (Å²) in [5, 5.41) is 4.30. The Morgan fingerprint density at radius 3 is 2.22 bits per heavy atom. The predicted molar refractivity (Wildman–Crippen MR) is 152 cm³/mol. The number of esters is 1. The minimum Gasteiger partial charge on any atom is -0.462 e. The number of rotatable bonds is 9. The van der Waals surface area contributed by atoms with Crippen LogP contribution in [0, 0.1) is 0 Å². The van der Waals surface area contributed by atoms with Crippen molar-refractivity contribution in [2.75, 3.05) is 62.6 Å². The van der Waals surface area contributed by atoms with E-state index in [0.29, 0.717) is 24.6 Å². The molecule has 0 aliphatic carbocycles. The van der Waals surface area contributed by atoms with E-state index in [9.17, 15) is 9.59 Å². The fourth-order valence-electron chi connectivity index (χ4n) is 4.92. The van der Waals surface area contributed by atoms with Crippen molar-refractivity contribution in [2.45, 2.75) is 46.1 Å². The number of nitrogens with one attached hydrogen (secondary N) is 1. The van der Waals surface area contributed by atoms with Crippen LogP contribution < -0.4 is 10.2 Å². The Hall–Kier alpha value is -2.77. The lowest BCUT2D eigenvalue weighted by atomic mass is 10.0. The van der Waals surface area contributed by atoms with Crippen molar-refractivity contribution < 1.29 is 14.3 Å². The van der Waals surface area contributed by atoms with E-state index < -0.39 is 0 Å². The number of halogens is 1. The van der Waals surface area contributed by atoms with E-state index in [1.54, 1.807) is 19.1 Å². The molecule has 0 saturated carbocycles. The number of piperazine rings is 1. The Balaban J connectivity index is 0.00000380. The maximum atomic E-state index is 12.7. The van der Waals surface area contributed by atoms with E-state index in [0.717, 1.165) is 75.8 Å². The maximum Gasteiger partial charge on any atom is 0.338 e. The quantitative estimate of drug-likeness (QED) is 0.454. The Morgan fingerprint density at radius 2 is 1.59 bits per heavy atom. The molecule has 2 heterocycles. The van der Waals surface area contributed by atoms with E-state index >= 15 is 0 Å². The van der Waals surface area contributed by atoms with Crippen molar-refractivity contribution in [2.24, 2.45) is 0 Å². The summed E-state index contributed by atoms with van der Waals surface area (Å²) in [5.41, 5.74) is 2.77. The Morgan fingerprint density at radius 1 is 0.946 bits per heavy atom. The van der Waals surface area contributed by atoms with Crippen LogP contribution in [0.25, 0.3) is 0 Å². The van der Waals surface area contributed by atoms with E-state index in [1.807, 2.05) is 29.2 Å². The second-order valence-electron chi connectivity index (χ2n) is 9.51. The zero-order valence-corrected chi connectivity index (χ0v) is 21.9. The molecule has 8 heteroatoms. The SMILES string of the molecule is C.CCOC(=O)c1ccc(NC2CCN(C(=O)CCCN3CCN(c4ccc(Cl)cc4)CC3)CC2)cc1. The van der Waals surface area contributed by atoms with Gasteiger partial charge in [-0.15, -0.1) is 0 Å². The van der Waals surface area contributed by atoms with Gasteiger partial charge in [-0.25, -0.2) is 4.79 Å². The topological polar surface area (TPSA) is 65.1 Å². The summed E-state index contributed by atoms with van der Waals surface area (Å²) in [6, 6.07) is 15.8. The molecule has 37 heavy (non-hydrogen) atoms. The summed E-state index contributed by atoms with van der Waals surface area (Å²) >= 11 is 6.00. The van der Waals surface area contributed by atoms with E-state index in [-0.39, 0.29) is 19.3 Å². The van der Waals surface area contributed by atoms with Gasteiger partial charge in [0.1, 0.15) is 0 Å². The van der Waals surface area contributed by atoms with E-state index in [2.05, 4.69) is 27.2 Å². The molecular formula is C29H41ClN4O3. The lowest BCUT2D eigenvalue weighted by Gasteiger charge is -2.36. The van der Waals surface area contributed by atoms with Gasteiger partial charge in [0.2, 0.25) is 5.91 Å². The number of benzene rings is 2. The second-order valence-corrected chi connectivity index (χ2v) is 9.94. The average Bonchev–Trinajstić information content (AvgIpc) is 2.90. The van der Waals surface area contributed by atoms with Crippen LogP contribution in [0.15, 0.2) is 48.5 Å². The van der Waals surface area contributed by atoms with Gasteiger partial charge >= 0.3 is 5.97 Å². The maximum absolute atomic E-state index is 12.7. The standard InChI is InChI=1S/C28H37ClN4O3.CH4/c1-2-36-28(35)22-5-9-24(10-6-22)30-25-13-16-33(17-14-25)27(34)4-3-15-31-18-20-32(21-19-31)26-11-7-23(29)8-12-26;/h5-12,25,30H,2-4,13-21H2,1H3;1H4. The average molecular weight is 529 g/mol. The Kier molecular flexibility index (Phi) is 11.1. The first kappa shape index (κ1) is 28.8. The number of nitrogens with zero attached hydrogens (tertiary/aromatic N) is 3. The van der Waals surface area contributed by atoms with Crippen LogP contribution in [-0.4, -0.2) is 80.1 Å². The van der Waals surface area contributed by atoms with E-state index in [1.165, 1.54) is 5.69 Å². The summed E-state index contributed by atoms with van der Waals surface area (Å²) in [4.78, 5) is 31.4. The van der Waals surface area contributed by atoms with Crippen LogP contribution in [0.2, 0.25) is 5.02 Å². The number of likely N-dealkylation sites (tertiary alicyclic amines) is 1. The van der Waals surface area contributed by atoms with Gasteiger partial charge in [-0.05, 0) is 81.3 Å². The van der Waals surface area contributed by atoms with Crippen molar-refractivity contribution >= 4 is 34.9 Å². The Labute approximate surface area is 226 Å². The van der Waals surface area contributed by atoms with Gasteiger partial charge in [0.05, 0.1) is 12.2 Å². The molecule has 0 bridgehead atoms. The number of hydrogen-bond acceptors (Lipinski definition) is 6. The van der Waals surface area contributed by atoms with Gasteiger partial charge in [0.25, 0.3) is 0 Å². The van der Waals surface area contributed by atoms with Crippen LogP contribution in [0.1, 0.15) is 50.4 Å². The van der Waals surface area contributed by atoms with Crippen molar-refractivity contribution in [3.63, 3.8) is 0 Å². The summed E-state index contributed by atoms with van der Waals surface area (Å²) in [6.07, 6.45) is 3.38. The molecule has 2 aliphatic heterocycles. The van der Waals surface area contributed by atoms with E-state index in [4.69, 9.17) is 16.3 Å². The first-order valence-electron chi connectivity index (χ1n) is 13.1. The summed E-state index contributed by atoms with van der Waals surface area (Å²) in [5.74, 6) is -0.0249. The largest absolute Gasteiger partial charge is 0.462 e. The highest BCUT2D eigenvalue weighted by molar-refractivity contribution is 6.30. The number of ether oxygens (including phenoxy) is 1. The molecule has 202 valence electrons. The minimum absolute atomic E-state index is 0. The van der Waals surface area contributed by atoms with Gasteiger partial charge < -0.3 is 19.9 Å². The van der Waals surface area contributed by atoms with Crippen LogP contribution in [0.4, 0.5) is 11.4 Å². The molecule has 0 radical (unpaired) electrons. The number of amides is 1. The molecule has 2 saturated heterocycles. The number of hydrogen-bond donors (Lipinski definition) is 1. The zero-order valence-electron chi connectivity index (χ0n) is 21.1. The highest BCUT2D eigenvalue weighted by atomic mass is 35.5. The number of piperidine rings is 1. The van der Waals surface area contributed by atoms with Gasteiger partial charge in [0, 0.05) is 68.1 Å². The van der Waals surface area contributed by atoms with Crippen molar-refractivity contribution in [1.29, 1.82) is 0 Å². The molecule has 2 aromatic rings. The van der Waals surface area contributed by atoms with Crippen LogP contribution >= 0.6 is 11.6 Å². The first-order chi connectivity index (χ1) is 17.5. The molecule has 0 aromatic heterocycles. The fraction of sp³-hybridized carbons (Fsp3) is 0.517. The lowest BCUT2D eigenvalue weighted by molar-refractivity contribution is -0.132. The molecule has 2 aliphatic rings.